The van der Waals surface area contributed by atoms with Crippen molar-refractivity contribution in [3.05, 3.63) is 17.8 Å². The van der Waals surface area contributed by atoms with Crippen LogP contribution in [0.5, 0.6) is 5.75 Å². The van der Waals surface area contributed by atoms with Crippen LogP contribution in [0.15, 0.2) is 12.3 Å². The van der Waals surface area contributed by atoms with E-state index in [0.717, 1.165) is 0 Å². The molecule has 1 rings (SSSR count). The molecular weight excluding hydrogens is 264 g/mol. The third-order valence-electron chi connectivity index (χ3n) is 2.12. The molecule has 0 aliphatic heterocycles. The highest BCUT2D eigenvalue weighted by molar-refractivity contribution is 5.94. The fraction of sp³-hybridized carbons (Fsp3) is 0.462. The van der Waals surface area contributed by atoms with Crippen molar-refractivity contribution in [1.82, 2.24) is 4.98 Å². The van der Waals surface area contributed by atoms with Gasteiger partial charge in [0.05, 0.1) is 20.4 Å². The standard InChI is InChI=1S/C13H18N2O5/c1-13(2,3)20-12(17)15-10-6-8(11(16)19-5)9(18-4)7-14-10/h6-7H,1-5H3,(H,14,15,17). The maximum atomic E-state index is 11.6. The van der Waals surface area contributed by atoms with Crippen molar-refractivity contribution in [1.29, 1.82) is 0 Å². The molecule has 1 N–H and O–H groups in total. The van der Waals surface area contributed by atoms with Gasteiger partial charge in [-0.15, -0.1) is 0 Å². The van der Waals surface area contributed by atoms with E-state index in [1.165, 1.54) is 26.5 Å². The first-order chi connectivity index (χ1) is 9.26. The number of rotatable bonds is 3. The van der Waals surface area contributed by atoms with Crippen LogP contribution in [-0.4, -0.2) is 36.9 Å². The van der Waals surface area contributed by atoms with Gasteiger partial charge in [0.1, 0.15) is 17.0 Å². The summed E-state index contributed by atoms with van der Waals surface area (Å²) in [5.74, 6) is -0.163. The van der Waals surface area contributed by atoms with Gasteiger partial charge in [-0.05, 0) is 26.8 Å². The lowest BCUT2D eigenvalue weighted by Gasteiger charge is -2.19. The van der Waals surface area contributed by atoms with Crippen LogP contribution < -0.4 is 10.1 Å². The predicted octanol–water partition coefficient (Wildman–Crippen LogP) is 2.22. The van der Waals surface area contributed by atoms with Gasteiger partial charge in [0.15, 0.2) is 5.75 Å². The van der Waals surface area contributed by atoms with Crippen molar-refractivity contribution < 1.29 is 23.8 Å². The summed E-state index contributed by atoms with van der Waals surface area (Å²) in [7, 11) is 2.66. The average Bonchev–Trinajstić information content (AvgIpc) is 2.35. The Balaban J connectivity index is 2.92. The van der Waals surface area contributed by atoms with E-state index in [-0.39, 0.29) is 17.1 Å². The first-order valence-electron chi connectivity index (χ1n) is 5.89. The van der Waals surface area contributed by atoms with Crippen molar-refractivity contribution in [2.45, 2.75) is 26.4 Å². The van der Waals surface area contributed by atoms with Gasteiger partial charge in [0.25, 0.3) is 0 Å². The molecule has 0 bridgehead atoms. The lowest BCUT2D eigenvalue weighted by Crippen LogP contribution is -2.27. The Labute approximate surface area is 117 Å². The smallest absolute Gasteiger partial charge is 0.413 e. The Morgan fingerprint density at radius 2 is 1.90 bits per heavy atom. The summed E-state index contributed by atoms with van der Waals surface area (Å²) in [4.78, 5) is 27.2. The Bertz CT molecular complexity index is 508. The van der Waals surface area contributed by atoms with E-state index in [4.69, 9.17) is 9.47 Å². The van der Waals surface area contributed by atoms with E-state index in [9.17, 15) is 9.59 Å². The first kappa shape index (κ1) is 15.7. The molecule has 0 spiro atoms. The van der Waals surface area contributed by atoms with Crippen molar-refractivity contribution in [2.75, 3.05) is 19.5 Å². The van der Waals surface area contributed by atoms with Crippen LogP contribution in [0.2, 0.25) is 0 Å². The Hall–Kier alpha value is -2.31. The van der Waals surface area contributed by atoms with Crippen LogP contribution in [0, 0.1) is 0 Å². The van der Waals surface area contributed by atoms with Gasteiger partial charge in [-0.1, -0.05) is 0 Å². The van der Waals surface area contributed by atoms with Crippen LogP contribution in [0.3, 0.4) is 0 Å². The average molecular weight is 282 g/mol. The summed E-state index contributed by atoms with van der Waals surface area (Å²) < 4.78 is 14.7. The number of carbonyl (C=O) groups is 2. The van der Waals surface area contributed by atoms with E-state index in [0.29, 0.717) is 0 Å². The second-order valence-corrected chi connectivity index (χ2v) is 4.89. The highest BCUT2D eigenvalue weighted by Gasteiger charge is 2.19. The normalized spacial score (nSPS) is 10.7. The number of carbonyl (C=O) groups excluding carboxylic acids is 2. The van der Waals surface area contributed by atoms with Gasteiger partial charge < -0.3 is 14.2 Å². The van der Waals surface area contributed by atoms with Gasteiger partial charge in [0, 0.05) is 0 Å². The minimum atomic E-state index is -0.661. The second-order valence-electron chi connectivity index (χ2n) is 4.89. The van der Waals surface area contributed by atoms with E-state index >= 15 is 0 Å². The Morgan fingerprint density at radius 1 is 1.25 bits per heavy atom. The molecule has 0 atom stereocenters. The molecule has 1 aromatic heterocycles. The molecule has 110 valence electrons. The summed E-state index contributed by atoms with van der Waals surface area (Å²) >= 11 is 0. The molecule has 1 aromatic rings. The zero-order valence-corrected chi connectivity index (χ0v) is 12.1. The van der Waals surface area contributed by atoms with Crippen molar-refractivity contribution in [2.24, 2.45) is 0 Å². The second kappa shape index (κ2) is 6.23. The molecule has 0 fully saturated rings. The number of ether oxygens (including phenoxy) is 3. The number of nitrogens with zero attached hydrogens (tertiary/aromatic N) is 1. The SMILES string of the molecule is COC(=O)c1cc(NC(=O)OC(C)(C)C)ncc1OC. The molecule has 7 nitrogen and oxygen atoms in total. The highest BCUT2D eigenvalue weighted by atomic mass is 16.6. The van der Waals surface area contributed by atoms with E-state index < -0.39 is 17.7 Å². The highest BCUT2D eigenvalue weighted by Crippen LogP contribution is 2.21. The first-order valence-corrected chi connectivity index (χ1v) is 5.89. The molecular formula is C13H18N2O5. The Kier molecular flexibility index (Phi) is 4.90. The fourth-order valence-corrected chi connectivity index (χ4v) is 1.35. The molecule has 1 amide bonds. The zero-order chi connectivity index (χ0) is 15.3. The summed E-state index contributed by atoms with van der Waals surface area (Å²) in [5.41, 5.74) is -0.460. The number of aromatic nitrogens is 1. The van der Waals surface area contributed by atoms with Crippen LogP contribution >= 0.6 is 0 Å². The summed E-state index contributed by atoms with van der Waals surface area (Å²) in [6, 6.07) is 1.36. The molecule has 0 radical (unpaired) electrons. The lowest BCUT2D eigenvalue weighted by molar-refractivity contribution is 0.0592. The monoisotopic (exact) mass is 282 g/mol. The van der Waals surface area contributed by atoms with Crippen molar-refractivity contribution in [3.63, 3.8) is 0 Å². The number of methoxy groups -OCH3 is 2. The quantitative estimate of drug-likeness (QED) is 0.855. The summed E-state index contributed by atoms with van der Waals surface area (Å²) in [5, 5.41) is 2.43. The van der Waals surface area contributed by atoms with Gasteiger partial charge in [-0.2, -0.15) is 0 Å². The van der Waals surface area contributed by atoms with Crippen molar-refractivity contribution >= 4 is 17.9 Å². The molecule has 7 heteroatoms. The topological polar surface area (TPSA) is 86.8 Å². The summed E-state index contributed by atoms with van der Waals surface area (Å²) in [6.07, 6.45) is 0.657. The van der Waals surface area contributed by atoms with E-state index in [2.05, 4.69) is 15.0 Å². The molecule has 0 unspecified atom stereocenters. The number of pyridine rings is 1. The fourth-order valence-electron chi connectivity index (χ4n) is 1.35. The largest absolute Gasteiger partial charge is 0.494 e. The number of nitrogens with one attached hydrogen (secondary N) is 1. The third kappa shape index (κ3) is 4.42. The number of hydrogen-bond donors (Lipinski definition) is 1. The predicted molar refractivity (Wildman–Crippen MR) is 72.0 cm³/mol. The number of hydrogen-bond acceptors (Lipinski definition) is 6. The van der Waals surface area contributed by atoms with E-state index in [1.807, 2.05) is 0 Å². The van der Waals surface area contributed by atoms with Crippen LogP contribution in [-0.2, 0) is 9.47 Å². The van der Waals surface area contributed by atoms with Crippen LogP contribution in [0.1, 0.15) is 31.1 Å². The van der Waals surface area contributed by atoms with E-state index in [1.54, 1.807) is 20.8 Å². The molecule has 0 aliphatic rings. The zero-order valence-electron chi connectivity index (χ0n) is 12.1. The van der Waals surface area contributed by atoms with Gasteiger partial charge >= 0.3 is 12.1 Å². The minimum Gasteiger partial charge on any atom is -0.494 e. The third-order valence-corrected chi connectivity index (χ3v) is 2.12. The lowest BCUT2D eigenvalue weighted by atomic mass is 10.2. The van der Waals surface area contributed by atoms with Crippen LogP contribution in [0.4, 0.5) is 10.6 Å². The molecule has 1 heterocycles. The number of amides is 1. The Morgan fingerprint density at radius 3 is 2.40 bits per heavy atom. The molecule has 0 saturated carbocycles. The number of anilines is 1. The molecule has 0 saturated heterocycles. The van der Waals surface area contributed by atoms with Crippen molar-refractivity contribution in [3.8, 4) is 5.75 Å². The molecule has 0 aliphatic carbocycles. The van der Waals surface area contributed by atoms with Crippen LogP contribution in [0.25, 0.3) is 0 Å². The van der Waals surface area contributed by atoms with Gasteiger partial charge in [-0.25, -0.2) is 14.6 Å². The maximum Gasteiger partial charge on any atom is 0.413 e. The maximum absolute atomic E-state index is 11.6. The number of esters is 1. The van der Waals surface area contributed by atoms with Gasteiger partial charge in [-0.3, -0.25) is 5.32 Å². The summed E-state index contributed by atoms with van der Waals surface area (Å²) in [6.45, 7) is 5.23. The molecule has 0 aromatic carbocycles. The van der Waals surface area contributed by atoms with Gasteiger partial charge in [0.2, 0.25) is 0 Å². The molecule has 20 heavy (non-hydrogen) atoms. The minimum absolute atomic E-state index is 0.163.